The summed E-state index contributed by atoms with van der Waals surface area (Å²) in [5.41, 5.74) is 7.62. The van der Waals surface area contributed by atoms with Crippen LogP contribution in [0.15, 0.2) is 28.7 Å². The molecular weight excluding hydrogens is 300 g/mol. The first-order valence-electron chi connectivity index (χ1n) is 7.13. The summed E-state index contributed by atoms with van der Waals surface area (Å²) in [6, 6.07) is 8.45. The van der Waals surface area contributed by atoms with Crippen molar-refractivity contribution in [2.45, 2.75) is 38.8 Å². The van der Waals surface area contributed by atoms with Crippen LogP contribution in [-0.2, 0) is 6.54 Å². The number of nitrogens with zero attached hydrogens (tertiary/aromatic N) is 1. The molecule has 0 aliphatic heterocycles. The fourth-order valence-electron chi connectivity index (χ4n) is 3.07. The van der Waals surface area contributed by atoms with Crippen LogP contribution in [0.4, 0.5) is 0 Å². The van der Waals surface area contributed by atoms with Crippen molar-refractivity contribution < 1.29 is 0 Å². The topological polar surface area (TPSA) is 29.3 Å². The molecule has 1 aliphatic rings. The zero-order chi connectivity index (χ0) is 14.0. The molecule has 1 aliphatic carbocycles. The summed E-state index contributed by atoms with van der Waals surface area (Å²) in [6.07, 6.45) is 2.48. The van der Waals surface area contributed by atoms with E-state index in [-0.39, 0.29) is 5.54 Å². The first-order chi connectivity index (χ1) is 8.98. The number of hydrogen-bond acceptors (Lipinski definition) is 2. The Hall–Kier alpha value is -0.380. The van der Waals surface area contributed by atoms with Gasteiger partial charge in [0.2, 0.25) is 0 Å². The molecule has 2 rings (SSSR count). The molecule has 0 spiro atoms. The molecule has 3 heteroatoms. The fourth-order valence-corrected chi connectivity index (χ4v) is 3.48. The minimum atomic E-state index is 0.213. The van der Waals surface area contributed by atoms with Crippen molar-refractivity contribution >= 4 is 15.9 Å². The molecule has 106 valence electrons. The van der Waals surface area contributed by atoms with E-state index in [1.165, 1.54) is 22.9 Å². The molecule has 1 aromatic rings. The van der Waals surface area contributed by atoms with Gasteiger partial charge in [0, 0.05) is 23.1 Å². The predicted octanol–water partition coefficient (Wildman–Crippen LogP) is 3.64. The zero-order valence-corrected chi connectivity index (χ0v) is 13.8. The van der Waals surface area contributed by atoms with Crippen molar-refractivity contribution in [1.29, 1.82) is 0 Å². The zero-order valence-electron chi connectivity index (χ0n) is 12.2. The predicted molar refractivity (Wildman–Crippen MR) is 85.0 cm³/mol. The fraction of sp³-hybridized carbons (Fsp3) is 0.625. The van der Waals surface area contributed by atoms with E-state index < -0.39 is 0 Å². The van der Waals surface area contributed by atoms with Crippen molar-refractivity contribution in [3.05, 3.63) is 34.3 Å². The quantitative estimate of drug-likeness (QED) is 0.895. The number of nitrogens with two attached hydrogens (primary N) is 1. The lowest BCUT2D eigenvalue weighted by Gasteiger charge is -2.54. The maximum absolute atomic E-state index is 6.07. The van der Waals surface area contributed by atoms with Crippen LogP contribution < -0.4 is 5.73 Å². The lowest BCUT2D eigenvalue weighted by molar-refractivity contribution is -0.0245. The highest BCUT2D eigenvalue weighted by molar-refractivity contribution is 9.10. The summed E-state index contributed by atoms with van der Waals surface area (Å²) in [7, 11) is 2.21. The highest BCUT2D eigenvalue weighted by Crippen LogP contribution is 2.45. The van der Waals surface area contributed by atoms with Crippen molar-refractivity contribution in [3.8, 4) is 0 Å². The van der Waals surface area contributed by atoms with E-state index in [4.69, 9.17) is 5.73 Å². The molecule has 0 unspecified atom stereocenters. The van der Waals surface area contributed by atoms with Gasteiger partial charge in [-0.1, -0.05) is 48.0 Å². The van der Waals surface area contributed by atoms with Crippen LogP contribution in [0.1, 0.15) is 32.3 Å². The Morgan fingerprint density at radius 2 is 2.00 bits per heavy atom. The highest BCUT2D eigenvalue weighted by atomic mass is 79.9. The van der Waals surface area contributed by atoms with Gasteiger partial charge in [0.25, 0.3) is 0 Å². The minimum absolute atomic E-state index is 0.213. The second-order valence-electron chi connectivity index (χ2n) is 6.29. The summed E-state index contributed by atoms with van der Waals surface area (Å²) in [5, 5.41) is 0. The molecule has 0 amide bonds. The minimum Gasteiger partial charge on any atom is -0.329 e. The van der Waals surface area contributed by atoms with Gasteiger partial charge < -0.3 is 5.73 Å². The molecule has 19 heavy (non-hydrogen) atoms. The number of hydrogen-bond donors (Lipinski definition) is 1. The van der Waals surface area contributed by atoms with Gasteiger partial charge in [-0.05, 0) is 43.4 Å². The van der Waals surface area contributed by atoms with Gasteiger partial charge >= 0.3 is 0 Å². The molecule has 1 fully saturated rings. The van der Waals surface area contributed by atoms with E-state index in [0.29, 0.717) is 0 Å². The van der Waals surface area contributed by atoms with Crippen LogP contribution in [0.2, 0.25) is 0 Å². The van der Waals surface area contributed by atoms with Crippen LogP contribution in [0.25, 0.3) is 0 Å². The average molecular weight is 325 g/mol. The summed E-state index contributed by atoms with van der Waals surface area (Å²) in [6.45, 7) is 6.36. The van der Waals surface area contributed by atoms with E-state index >= 15 is 0 Å². The Balaban J connectivity index is 2.03. The Morgan fingerprint density at radius 3 is 2.53 bits per heavy atom. The van der Waals surface area contributed by atoms with E-state index in [9.17, 15) is 0 Å². The Labute approximate surface area is 125 Å². The van der Waals surface area contributed by atoms with E-state index in [1.807, 2.05) is 0 Å². The molecular formula is C16H25BrN2. The summed E-state index contributed by atoms with van der Waals surface area (Å²) in [4.78, 5) is 2.45. The van der Waals surface area contributed by atoms with Gasteiger partial charge in [-0.2, -0.15) is 0 Å². The van der Waals surface area contributed by atoms with Crippen LogP contribution in [0.5, 0.6) is 0 Å². The molecule has 1 aromatic carbocycles. The highest BCUT2D eigenvalue weighted by Gasteiger charge is 2.46. The summed E-state index contributed by atoms with van der Waals surface area (Å²) >= 11 is 3.63. The second-order valence-corrected chi connectivity index (χ2v) is 7.14. The third kappa shape index (κ3) is 3.04. The SMILES string of the molecule is CC(C)C1CC(CN)(N(C)Cc2ccccc2Br)C1. The van der Waals surface area contributed by atoms with E-state index in [0.717, 1.165) is 24.9 Å². The normalized spacial score (nSPS) is 26.8. The van der Waals surface area contributed by atoms with Crippen LogP contribution in [0, 0.1) is 11.8 Å². The maximum atomic E-state index is 6.07. The van der Waals surface area contributed by atoms with Crippen molar-refractivity contribution in [2.24, 2.45) is 17.6 Å². The third-order valence-electron chi connectivity index (χ3n) is 4.78. The van der Waals surface area contributed by atoms with Crippen molar-refractivity contribution in [1.82, 2.24) is 4.90 Å². The molecule has 1 saturated carbocycles. The first-order valence-corrected chi connectivity index (χ1v) is 7.92. The molecule has 0 radical (unpaired) electrons. The smallest absolute Gasteiger partial charge is 0.0337 e. The third-order valence-corrected chi connectivity index (χ3v) is 5.56. The molecule has 0 aromatic heterocycles. The largest absolute Gasteiger partial charge is 0.329 e. The van der Waals surface area contributed by atoms with Gasteiger partial charge in [-0.15, -0.1) is 0 Å². The van der Waals surface area contributed by atoms with Gasteiger partial charge in [0.15, 0.2) is 0 Å². The Morgan fingerprint density at radius 1 is 1.37 bits per heavy atom. The monoisotopic (exact) mass is 324 g/mol. The van der Waals surface area contributed by atoms with Gasteiger partial charge in [-0.3, -0.25) is 4.90 Å². The number of likely N-dealkylation sites (N-methyl/N-ethyl adjacent to an activating group) is 1. The molecule has 0 atom stereocenters. The van der Waals surface area contributed by atoms with E-state index in [1.54, 1.807) is 0 Å². The lowest BCUT2D eigenvalue weighted by Crippen LogP contribution is -2.60. The molecule has 2 nitrogen and oxygen atoms in total. The lowest BCUT2D eigenvalue weighted by atomic mass is 9.63. The maximum Gasteiger partial charge on any atom is 0.0337 e. The van der Waals surface area contributed by atoms with E-state index in [2.05, 4.69) is 66.0 Å². The molecule has 0 heterocycles. The second kappa shape index (κ2) is 5.94. The molecule has 0 saturated heterocycles. The number of halogens is 1. The first kappa shape index (κ1) is 15.0. The summed E-state index contributed by atoms with van der Waals surface area (Å²) < 4.78 is 1.19. The van der Waals surface area contributed by atoms with Crippen molar-refractivity contribution in [3.63, 3.8) is 0 Å². The van der Waals surface area contributed by atoms with Crippen LogP contribution in [-0.4, -0.2) is 24.0 Å². The Kier molecular flexibility index (Phi) is 4.70. The number of rotatable bonds is 5. The Bertz CT molecular complexity index is 425. The standard InChI is InChI=1S/C16H25BrN2/c1-12(2)14-8-16(9-14,11-18)19(3)10-13-6-4-5-7-15(13)17/h4-7,12,14H,8-11,18H2,1-3H3. The summed E-state index contributed by atoms with van der Waals surface area (Å²) in [5.74, 6) is 1.61. The van der Waals surface area contributed by atoms with Gasteiger partial charge in [-0.25, -0.2) is 0 Å². The average Bonchev–Trinajstić information content (AvgIpc) is 2.31. The number of benzene rings is 1. The van der Waals surface area contributed by atoms with Crippen molar-refractivity contribution in [2.75, 3.05) is 13.6 Å². The van der Waals surface area contributed by atoms with Gasteiger partial charge in [0.05, 0.1) is 0 Å². The van der Waals surface area contributed by atoms with Crippen LogP contribution >= 0.6 is 15.9 Å². The molecule has 2 N–H and O–H groups in total. The molecule has 0 bridgehead atoms. The van der Waals surface area contributed by atoms with Gasteiger partial charge in [0.1, 0.15) is 0 Å². The van der Waals surface area contributed by atoms with Crippen LogP contribution in [0.3, 0.4) is 0 Å².